The molecule has 0 unspecified atom stereocenters. The van der Waals surface area contributed by atoms with Gasteiger partial charge in [-0.2, -0.15) is 0 Å². The van der Waals surface area contributed by atoms with E-state index in [1.165, 1.54) is 5.57 Å². The molecule has 0 aromatic carbocycles. The molecule has 5 nitrogen and oxygen atoms in total. The van der Waals surface area contributed by atoms with Crippen LogP contribution in [0.15, 0.2) is 11.6 Å². The number of nitrogens with two attached hydrogens (primary N) is 1. The summed E-state index contributed by atoms with van der Waals surface area (Å²) in [6.07, 6.45) is 3.50. The van der Waals surface area contributed by atoms with Crippen molar-refractivity contribution >= 4 is 6.09 Å². The van der Waals surface area contributed by atoms with Gasteiger partial charge >= 0.3 is 6.09 Å². The third-order valence-electron chi connectivity index (χ3n) is 2.50. The van der Waals surface area contributed by atoms with E-state index < -0.39 is 5.60 Å². The molecule has 98 valence electrons. The van der Waals surface area contributed by atoms with Gasteiger partial charge in [0.15, 0.2) is 0 Å². The molecular weight excluding hydrogens is 220 g/mol. The van der Waals surface area contributed by atoms with E-state index in [4.69, 9.17) is 10.6 Å². The Balaban J connectivity index is 2.40. The largest absolute Gasteiger partial charge is 0.444 e. The molecule has 1 aliphatic rings. The zero-order valence-electron chi connectivity index (χ0n) is 10.9. The summed E-state index contributed by atoms with van der Waals surface area (Å²) >= 11 is 0. The van der Waals surface area contributed by atoms with Crippen LogP contribution in [-0.2, 0) is 9.57 Å². The highest BCUT2D eigenvalue weighted by Crippen LogP contribution is 2.17. The van der Waals surface area contributed by atoms with Gasteiger partial charge in [0.25, 0.3) is 0 Å². The van der Waals surface area contributed by atoms with Crippen molar-refractivity contribution in [2.75, 3.05) is 19.7 Å². The predicted molar refractivity (Wildman–Crippen MR) is 65.3 cm³/mol. The Labute approximate surface area is 103 Å². The number of ether oxygens (including phenoxy) is 1. The molecule has 0 radical (unpaired) electrons. The van der Waals surface area contributed by atoms with Gasteiger partial charge in [0.2, 0.25) is 0 Å². The van der Waals surface area contributed by atoms with Gasteiger partial charge < -0.3 is 14.5 Å². The minimum Gasteiger partial charge on any atom is -0.444 e. The molecule has 1 heterocycles. The van der Waals surface area contributed by atoms with Crippen LogP contribution in [0.1, 0.15) is 33.6 Å². The first-order valence-electron chi connectivity index (χ1n) is 5.90. The Morgan fingerprint density at radius 3 is 2.71 bits per heavy atom. The van der Waals surface area contributed by atoms with Crippen LogP contribution in [0.4, 0.5) is 4.79 Å². The number of carbonyl (C=O) groups excluding carboxylic acids is 1. The van der Waals surface area contributed by atoms with E-state index in [2.05, 4.69) is 4.84 Å². The van der Waals surface area contributed by atoms with Crippen LogP contribution in [0.5, 0.6) is 0 Å². The van der Waals surface area contributed by atoms with Gasteiger partial charge in [0.1, 0.15) is 5.60 Å². The summed E-state index contributed by atoms with van der Waals surface area (Å²) < 4.78 is 5.31. The molecule has 17 heavy (non-hydrogen) atoms. The molecule has 0 aromatic rings. The number of nitrogens with zero attached hydrogens (tertiary/aromatic N) is 1. The zero-order chi connectivity index (χ0) is 12.9. The van der Waals surface area contributed by atoms with Gasteiger partial charge in [-0.3, -0.25) is 0 Å². The highest BCUT2D eigenvalue weighted by atomic mass is 16.6. The van der Waals surface area contributed by atoms with Gasteiger partial charge in [-0.05, 0) is 33.6 Å². The van der Waals surface area contributed by atoms with Crippen LogP contribution in [0.25, 0.3) is 0 Å². The molecule has 0 saturated carbocycles. The lowest BCUT2D eigenvalue weighted by Gasteiger charge is -2.29. The second kappa shape index (κ2) is 6.02. The van der Waals surface area contributed by atoms with Crippen molar-refractivity contribution < 1.29 is 14.4 Å². The first kappa shape index (κ1) is 14.0. The van der Waals surface area contributed by atoms with Crippen molar-refractivity contribution in [3.8, 4) is 0 Å². The average molecular weight is 242 g/mol. The summed E-state index contributed by atoms with van der Waals surface area (Å²) in [5.74, 6) is 4.98. The standard InChI is InChI=1S/C12H22N2O3/c1-12(2,3)17-11(15)14-7-4-10(5-8-14)6-9-16-13/h4H,5-9,13H2,1-3H3. The van der Waals surface area contributed by atoms with E-state index in [1.54, 1.807) is 4.90 Å². The second-order valence-corrected chi connectivity index (χ2v) is 5.16. The van der Waals surface area contributed by atoms with Crippen molar-refractivity contribution in [3.05, 3.63) is 11.6 Å². The highest BCUT2D eigenvalue weighted by Gasteiger charge is 2.23. The molecule has 5 heteroatoms. The van der Waals surface area contributed by atoms with Crippen molar-refractivity contribution in [2.24, 2.45) is 5.90 Å². The van der Waals surface area contributed by atoms with Gasteiger partial charge in [0, 0.05) is 13.1 Å². The molecule has 0 aromatic heterocycles. The Morgan fingerprint density at radius 1 is 1.53 bits per heavy atom. The molecule has 1 rings (SSSR count). The topological polar surface area (TPSA) is 64.8 Å². The summed E-state index contributed by atoms with van der Waals surface area (Å²) in [6.45, 7) is 7.44. The summed E-state index contributed by atoms with van der Waals surface area (Å²) in [6, 6.07) is 0. The van der Waals surface area contributed by atoms with Crippen LogP contribution < -0.4 is 5.90 Å². The fourth-order valence-corrected chi connectivity index (χ4v) is 1.62. The molecule has 0 atom stereocenters. The van der Waals surface area contributed by atoms with E-state index in [1.807, 2.05) is 26.8 Å². The summed E-state index contributed by atoms with van der Waals surface area (Å²) in [5, 5.41) is 0. The number of rotatable bonds is 3. The van der Waals surface area contributed by atoms with Crippen LogP contribution >= 0.6 is 0 Å². The Kier molecular flexibility index (Phi) is 4.96. The van der Waals surface area contributed by atoms with E-state index in [0.717, 1.165) is 12.8 Å². The van der Waals surface area contributed by atoms with E-state index in [9.17, 15) is 4.79 Å². The molecule has 0 bridgehead atoms. The minimum atomic E-state index is -0.436. The van der Waals surface area contributed by atoms with Gasteiger partial charge in [-0.15, -0.1) is 0 Å². The lowest BCUT2D eigenvalue weighted by Crippen LogP contribution is -2.39. The number of hydrogen-bond acceptors (Lipinski definition) is 4. The zero-order valence-corrected chi connectivity index (χ0v) is 10.9. The SMILES string of the molecule is CC(C)(C)OC(=O)N1CC=C(CCON)CC1. The summed E-state index contributed by atoms with van der Waals surface area (Å²) in [4.78, 5) is 18.0. The van der Waals surface area contributed by atoms with Crippen LogP contribution in [0, 0.1) is 0 Å². The smallest absolute Gasteiger partial charge is 0.410 e. The molecule has 1 aliphatic heterocycles. The molecule has 0 spiro atoms. The number of amides is 1. The summed E-state index contributed by atoms with van der Waals surface area (Å²) in [7, 11) is 0. The van der Waals surface area contributed by atoms with Crippen LogP contribution in [0.3, 0.4) is 0 Å². The van der Waals surface area contributed by atoms with Gasteiger partial charge in [0.05, 0.1) is 6.61 Å². The van der Waals surface area contributed by atoms with E-state index in [0.29, 0.717) is 19.7 Å². The maximum absolute atomic E-state index is 11.8. The minimum absolute atomic E-state index is 0.247. The lowest BCUT2D eigenvalue weighted by molar-refractivity contribution is 0.0264. The van der Waals surface area contributed by atoms with Gasteiger partial charge in [-0.25, -0.2) is 10.7 Å². The lowest BCUT2D eigenvalue weighted by atomic mass is 10.1. The Bertz CT molecular complexity index is 295. The second-order valence-electron chi connectivity index (χ2n) is 5.16. The Morgan fingerprint density at radius 2 is 2.24 bits per heavy atom. The van der Waals surface area contributed by atoms with Crippen molar-refractivity contribution in [2.45, 2.75) is 39.2 Å². The fourth-order valence-electron chi connectivity index (χ4n) is 1.62. The first-order chi connectivity index (χ1) is 7.92. The summed E-state index contributed by atoms with van der Waals surface area (Å²) in [5.41, 5.74) is 0.851. The monoisotopic (exact) mass is 242 g/mol. The van der Waals surface area contributed by atoms with E-state index >= 15 is 0 Å². The van der Waals surface area contributed by atoms with Crippen molar-refractivity contribution in [3.63, 3.8) is 0 Å². The van der Waals surface area contributed by atoms with Crippen molar-refractivity contribution in [1.29, 1.82) is 0 Å². The molecular formula is C12H22N2O3. The van der Waals surface area contributed by atoms with Crippen LogP contribution in [0.2, 0.25) is 0 Å². The van der Waals surface area contributed by atoms with E-state index in [-0.39, 0.29) is 6.09 Å². The normalized spacial score (nSPS) is 16.7. The molecule has 2 N–H and O–H groups in total. The molecule has 0 saturated heterocycles. The number of hydrogen-bond donors (Lipinski definition) is 1. The highest BCUT2D eigenvalue weighted by molar-refractivity contribution is 5.68. The molecule has 0 aliphatic carbocycles. The maximum Gasteiger partial charge on any atom is 0.410 e. The fraction of sp³-hybridized carbons (Fsp3) is 0.750. The third kappa shape index (κ3) is 5.19. The van der Waals surface area contributed by atoms with Gasteiger partial charge in [-0.1, -0.05) is 11.6 Å². The van der Waals surface area contributed by atoms with Crippen LogP contribution in [-0.4, -0.2) is 36.3 Å². The third-order valence-corrected chi connectivity index (χ3v) is 2.50. The number of carbonyl (C=O) groups is 1. The maximum atomic E-state index is 11.8. The molecule has 0 fully saturated rings. The molecule has 1 amide bonds. The Hall–Kier alpha value is -1.07. The van der Waals surface area contributed by atoms with Crippen molar-refractivity contribution in [1.82, 2.24) is 4.90 Å². The first-order valence-corrected chi connectivity index (χ1v) is 5.90. The average Bonchev–Trinajstić information content (AvgIpc) is 2.24. The predicted octanol–water partition coefficient (Wildman–Crippen LogP) is 1.83. The quantitative estimate of drug-likeness (QED) is 0.605.